The molecule has 0 spiro atoms. The summed E-state index contributed by atoms with van der Waals surface area (Å²) in [6, 6.07) is 9.79. The summed E-state index contributed by atoms with van der Waals surface area (Å²) in [4.78, 5) is 2.57. The van der Waals surface area contributed by atoms with Gasteiger partial charge in [0.15, 0.2) is 0 Å². The molecule has 2 rings (SSSR count). The van der Waals surface area contributed by atoms with Gasteiger partial charge in [-0.25, -0.2) is 0 Å². The summed E-state index contributed by atoms with van der Waals surface area (Å²) >= 11 is 0. The fraction of sp³-hybridized carbons (Fsp3) is 0.684. The number of rotatable bonds is 10. The predicted octanol–water partition coefficient (Wildman–Crippen LogP) is 4.76. The van der Waals surface area contributed by atoms with Crippen LogP contribution in [0.3, 0.4) is 0 Å². The Morgan fingerprint density at radius 2 is 1.81 bits per heavy atom. The number of nitrogens with zero attached hydrogens (tertiary/aromatic N) is 1. The number of hydrogen-bond donors (Lipinski definition) is 1. The van der Waals surface area contributed by atoms with Crippen LogP contribution in [0.4, 0.5) is 5.69 Å². The van der Waals surface area contributed by atoms with E-state index in [4.69, 9.17) is 0 Å². The molecule has 0 bridgehead atoms. The van der Waals surface area contributed by atoms with Crippen LogP contribution in [-0.4, -0.2) is 19.6 Å². The van der Waals surface area contributed by atoms with Crippen molar-refractivity contribution in [3.05, 3.63) is 29.8 Å². The molecule has 0 heterocycles. The van der Waals surface area contributed by atoms with Crippen LogP contribution in [0.1, 0.15) is 64.5 Å². The van der Waals surface area contributed by atoms with Crippen LogP contribution in [0, 0.1) is 5.92 Å². The second kappa shape index (κ2) is 8.43. The maximum atomic E-state index is 3.64. The average Bonchev–Trinajstić information content (AvgIpc) is 3.32. The summed E-state index contributed by atoms with van der Waals surface area (Å²) in [5.41, 5.74) is 2.83. The van der Waals surface area contributed by atoms with Crippen LogP contribution in [0.5, 0.6) is 0 Å². The molecule has 0 amide bonds. The SMILES string of the molecule is CCCNC(CC)c1ccc(N(CCC)CC2CC2)cc1. The molecule has 1 aromatic rings. The van der Waals surface area contributed by atoms with Crippen molar-refractivity contribution in [3.63, 3.8) is 0 Å². The van der Waals surface area contributed by atoms with E-state index in [0.717, 1.165) is 18.9 Å². The third-order valence-electron chi connectivity index (χ3n) is 4.38. The van der Waals surface area contributed by atoms with Gasteiger partial charge >= 0.3 is 0 Å². The Kier molecular flexibility index (Phi) is 6.56. The molecule has 1 aliphatic carbocycles. The highest BCUT2D eigenvalue weighted by Gasteiger charge is 2.24. The average molecular weight is 288 g/mol. The molecule has 118 valence electrons. The maximum absolute atomic E-state index is 3.64. The first kappa shape index (κ1) is 16.4. The van der Waals surface area contributed by atoms with Crippen molar-refractivity contribution in [2.75, 3.05) is 24.5 Å². The first-order valence-corrected chi connectivity index (χ1v) is 8.86. The lowest BCUT2D eigenvalue weighted by Gasteiger charge is -2.25. The van der Waals surface area contributed by atoms with Crippen molar-refractivity contribution >= 4 is 5.69 Å². The molecule has 1 aliphatic rings. The molecule has 1 atom stereocenters. The molecule has 0 radical (unpaired) electrons. The van der Waals surface area contributed by atoms with Gasteiger partial charge in [0.25, 0.3) is 0 Å². The Labute approximate surface area is 130 Å². The zero-order valence-corrected chi connectivity index (χ0v) is 14.1. The minimum atomic E-state index is 0.502. The van der Waals surface area contributed by atoms with Gasteiger partial charge in [-0.3, -0.25) is 0 Å². The molecule has 1 N–H and O–H groups in total. The molecular weight excluding hydrogens is 256 g/mol. The van der Waals surface area contributed by atoms with Gasteiger partial charge < -0.3 is 10.2 Å². The Bertz CT molecular complexity index is 395. The second-order valence-electron chi connectivity index (χ2n) is 6.40. The van der Waals surface area contributed by atoms with E-state index in [1.807, 2.05) is 0 Å². The Morgan fingerprint density at radius 3 is 2.33 bits per heavy atom. The first-order chi connectivity index (χ1) is 10.3. The summed E-state index contributed by atoms with van der Waals surface area (Å²) in [6.07, 6.45) is 6.43. The van der Waals surface area contributed by atoms with E-state index < -0.39 is 0 Å². The lowest BCUT2D eigenvalue weighted by molar-refractivity contribution is 0.518. The standard InChI is InChI=1S/C19H32N2/c1-4-13-20-19(6-3)17-9-11-18(12-10-17)21(14-5-2)15-16-7-8-16/h9-12,16,19-20H,4-8,13-15H2,1-3H3. The molecule has 1 aromatic carbocycles. The highest BCUT2D eigenvalue weighted by atomic mass is 15.1. The van der Waals surface area contributed by atoms with E-state index >= 15 is 0 Å². The molecule has 2 nitrogen and oxygen atoms in total. The minimum absolute atomic E-state index is 0.502. The molecular formula is C19H32N2. The van der Waals surface area contributed by atoms with Crippen LogP contribution in [0.2, 0.25) is 0 Å². The maximum Gasteiger partial charge on any atom is 0.0366 e. The monoisotopic (exact) mass is 288 g/mol. The van der Waals surface area contributed by atoms with Crippen molar-refractivity contribution in [3.8, 4) is 0 Å². The van der Waals surface area contributed by atoms with Crippen LogP contribution in [0.15, 0.2) is 24.3 Å². The summed E-state index contributed by atoms with van der Waals surface area (Å²) in [5.74, 6) is 0.950. The van der Waals surface area contributed by atoms with E-state index in [2.05, 4.69) is 55.3 Å². The summed E-state index contributed by atoms with van der Waals surface area (Å²) in [5, 5.41) is 3.64. The van der Waals surface area contributed by atoms with Crippen LogP contribution >= 0.6 is 0 Å². The van der Waals surface area contributed by atoms with Gasteiger partial charge in [-0.15, -0.1) is 0 Å². The van der Waals surface area contributed by atoms with E-state index in [1.165, 1.54) is 50.0 Å². The zero-order valence-electron chi connectivity index (χ0n) is 14.1. The van der Waals surface area contributed by atoms with Crippen molar-refractivity contribution in [2.45, 2.75) is 58.9 Å². The summed E-state index contributed by atoms with van der Waals surface area (Å²) < 4.78 is 0. The highest BCUT2D eigenvalue weighted by Crippen LogP contribution is 2.32. The van der Waals surface area contributed by atoms with Crippen LogP contribution in [-0.2, 0) is 0 Å². The topological polar surface area (TPSA) is 15.3 Å². The third-order valence-corrected chi connectivity index (χ3v) is 4.38. The first-order valence-electron chi connectivity index (χ1n) is 8.86. The lowest BCUT2D eigenvalue weighted by Crippen LogP contribution is -2.26. The fourth-order valence-corrected chi connectivity index (χ4v) is 2.94. The third kappa shape index (κ3) is 5.03. The quantitative estimate of drug-likeness (QED) is 0.667. The highest BCUT2D eigenvalue weighted by molar-refractivity contribution is 5.48. The van der Waals surface area contributed by atoms with Gasteiger partial charge in [0.2, 0.25) is 0 Å². The van der Waals surface area contributed by atoms with Gasteiger partial charge in [-0.2, -0.15) is 0 Å². The van der Waals surface area contributed by atoms with Crippen molar-refractivity contribution in [1.82, 2.24) is 5.32 Å². The minimum Gasteiger partial charge on any atom is -0.371 e. The molecule has 1 saturated carbocycles. The number of anilines is 1. The summed E-state index contributed by atoms with van der Waals surface area (Å²) in [6.45, 7) is 10.3. The number of hydrogen-bond acceptors (Lipinski definition) is 2. The molecule has 2 heteroatoms. The molecule has 0 aliphatic heterocycles. The van der Waals surface area contributed by atoms with Crippen molar-refractivity contribution in [2.24, 2.45) is 5.92 Å². The van der Waals surface area contributed by atoms with Crippen LogP contribution in [0.25, 0.3) is 0 Å². The van der Waals surface area contributed by atoms with E-state index in [9.17, 15) is 0 Å². The van der Waals surface area contributed by atoms with Gasteiger partial charge in [0.05, 0.1) is 0 Å². The van der Waals surface area contributed by atoms with Gasteiger partial charge in [-0.05, 0) is 62.3 Å². The second-order valence-corrected chi connectivity index (χ2v) is 6.40. The van der Waals surface area contributed by atoms with Gasteiger partial charge in [0.1, 0.15) is 0 Å². The van der Waals surface area contributed by atoms with E-state index in [0.29, 0.717) is 6.04 Å². The lowest BCUT2D eigenvalue weighted by atomic mass is 10.0. The van der Waals surface area contributed by atoms with Crippen molar-refractivity contribution in [1.29, 1.82) is 0 Å². The summed E-state index contributed by atoms with van der Waals surface area (Å²) in [7, 11) is 0. The van der Waals surface area contributed by atoms with Crippen LogP contribution < -0.4 is 10.2 Å². The smallest absolute Gasteiger partial charge is 0.0366 e. The Morgan fingerprint density at radius 1 is 1.10 bits per heavy atom. The molecule has 1 unspecified atom stereocenters. The van der Waals surface area contributed by atoms with Gasteiger partial charge in [0, 0.05) is 24.8 Å². The number of nitrogens with one attached hydrogen (secondary N) is 1. The zero-order chi connectivity index (χ0) is 15.1. The van der Waals surface area contributed by atoms with E-state index in [-0.39, 0.29) is 0 Å². The normalized spacial score (nSPS) is 16.0. The Balaban J connectivity index is 2.00. The van der Waals surface area contributed by atoms with E-state index in [1.54, 1.807) is 0 Å². The Hall–Kier alpha value is -1.02. The molecule has 21 heavy (non-hydrogen) atoms. The fourth-order valence-electron chi connectivity index (χ4n) is 2.94. The molecule has 1 fully saturated rings. The molecule has 0 aromatic heterocycles. The number of benzene rings is 1. The molecule has 0 saturated heterocycles. The largest absolute Gasteiger partial charge is 0.371 e. The van der Waals surface area contributed by atoms with Gasteiger partial charge in [-0.1, -0.05) is 32.9 Å². The predicted molar refractivity (Wildman–Crippen MR) is 93.0 cm³/mol. The van der Waals surface area contributed by atoms with Crippen molar-refractivity contribution < 1.29 is 0 Å².